The van der Waals surface area contributed by atoms with E-state index in [2.05, 4.69) is 15.3 Å². The zero-order chi connectivity index (χ0) is 14.5. The summed E-state index contributed by atoms with van der Waals surface area (Å²) in [6.07, 6.45) is 1.58. The first kappa shape index (κ1) is 14.4. The molecule has 0 saturated heterocycles. The van der Waals surface area contributed by atoms with E-state index in [1.807, 2.05) is 25.1 Å². The van der Waals surface area contributed by atoms with Crippen molar-refractivity contribution in [1.29, 1.82) is 0 Å². The lowest BCUT2D eigenvalue weighted by molar-refractivity contribution is 0.354. The fourth-order valence-electron chi connectivity index (χ4n) is 1.76. The van der Waals surface area contributed by atoms with E-state index in [0.717, 1.165) is 5.56 Å². The Hall–Kier alpha value is -2.01. The monoisotopic (exact) mass is 293 g/mol. The summed E-state index contributed by atoms with van der Waals surface area (Å²) >= 11 is 6.04. The molecule has 0 fully saturated rings. The third kappa shape index (κ3) is 3.30. The van der Waals surface area contributed by atoms with Crippen LogP contribution in [0.25, 0.3) is 0 Å². The number of nitrogens with one attached hydrogen (secondary N) is 1. The van der Waals surface area contributed by atoms with Gasteiger partial charge in [0.15, 0.2) is 11.5 Å². The molecule has 0 amide bonds. The largest absolute Gasteiger partial charge is 0.493 e. The van der Waals surface area contributed by atoms with Crippen molar-refractivity contribution in [2.24, 2.45) is 0 Å². The van der Waals surface area contributed by atoms with Gasteiger partial charge in [0, 0.05) is 6.54 Å². The van der Waals surface area contributed by atoms with E-state index < -0.39 is 0 Å². The fourth-order valence-corrected chi connectivity index (χ4v) is 1.91. The second-order valence-corrected chi connectivity index (χ2v) is 4.56. The van der Waals surface area contributed by atoms with E-state index in [0.29, 0.717) is 34.7 Å². The quantitative estimate of drug-likeness (QED) is 0.918. The Bertz CT molecular complexity index is 605. The summed E-state index contributed by atoms with van der Waals surface area (Å²) in [4.78, 5) is 8.28. The van der Waals surface area contributed by atoms with Crippen LogP contribution in [0.2, 0.25) is 5.02 Å². The molecule has 0 aliphatic carbocycles. The third-order valence-electron chi connectivity index (χ3n) is 2.77. The molecule has 5 nitrogen and oxygen atoms in total. The van der Waals surface area contributed by atoms with E-state index in [1.165, 1.54) is 0 Å². The van der Waals surface area contributed by atoms with Crippen LogP contribution in [0.4, 0.5) is 5.82 Å². The van der Waals surface area contributed by atoms with Gasteiger partial charge in [-0.2, -0.15) is 0 Å². The van der Waals surface area contributed by atoms with Crippen molar-refractivity contribution in [2.75, 3.05) is 19.5 Å². The number of rotatable bonds is 5. The van der Waals surface area contributed by atoms with Crippen molar-refractivity contribution < 1.29 is 9.47 Å². The highest BCUT2D eigenvalue weighted by Crippen LogP contribution is 2.28. The van der Waals surface area contributed by atoms with Crippen LogP contribution >= 0.6 is 11.6 Å². The zero-order valence-corrected chi connectivity index (χ0v) is 12.4. The van der Waals surface area contributed by atoms with Gasteiger partial charge in [0.2, 0.25) is 0 Å². The van der Waals surface area contributed by atoms with Crippen LogP contribution in [0.1, 0.15) is 11.4 Å². The van der Waals surface area contributed by atoms with Crippen LogP contribution in [-0.2, 0) is 6.54 Å². The lowest BCUT2D eigenvalue weighted by atomic mass is 10.2. The first-order chi connectivity index (χ1) is 9.63. The second kappa shape index (κ2) is 6.43. The molecule has 0 saturated carbocycles. The van der Waals surface area contributed by atoms with Gasteiger partial charge >= 0.3 is 0 Å². The third-order valence-corrected chi connectivity index (χ3v) is 3.05. The van der Waals surface area contributed by atoms with Crippen LogP contribution in [0.15, 0.2) is 24.4 Å². The topological polar surface area (TPSA) is 56.3 Å². The first-order valence-corrected chi connectivity index (χ1v) is 6.45. The first-order valence-electron chi connectivity index (χ1n) is 6.08. The number of methoxy groups -OCH3 is 2. The van der Waals surface area contributed by atoms with Gasteiger partial charge in [-0.3, -0.25) is 0 Å². The minimum absolute atomic E-state index is 0.496. The van der Waals surface area contributed by atoms with Crippen LogP contribution in [0.5, 0.6) is 11.5 Å². The number of aromatic nitrogens is 2. The maximum absolute atomic E-state index is 6.04. The molecule has 0 aliphatic heterocycles. The van der Waals surface area contributed by atoms with Crippen molar-refractivity contribution in [3.05, 3.63) is 40.8 Å². The van der Waals surface area contributed by atoms with E-state index in [4.69, 9.17) is 21.1 Å². The molecule has 1 aromatic heterocycles. The molecule has 6 heteroatoms. The van der Waals surface area contributed by atoms with Gasteiger partial charge in [0.05, 0.1) is 20.4 Å². The minimum Gasteiger partial charge on any atom is -0.493 e. The molecule has 106 valence electrons. The zero-order valence-electron chi connectivity index (χ0n) is 11.6. The summed E-state index contributed by atoms with van der Waals surface area (Å²) in [6, 6.07) is 5.73. The highest BCUT2D eigenvalue weighted by Gasteiger charge is 2.06. The van der Waals surface area contributed by atoms with Crippen molar-refractivity contribution in [3.63, 3.8) is 0 Å². The average molecular weight is 294 g/mol. The molecule has 1 aromatic carbocycles. The van der Waals surface area contributed by atoms with E-state index >= 15 is 0 Å². The molecule has 20 heavy (non-hydrogen) atoms. The predicted octanol–water partition coefficient (Wildman–Crippen LogP) is 3.07. The molecule has 1 heterocycles. The van der Waals surface area contributed by atoms with Gasteiger partial charge in [-0.25, -0.2) is 9.97 Å². The lowest BCUT2D eigenvalue weighted by Gasteiger charge is -2.11. The van der Waals surface area contributed by atoms with Gasteiger partial charge in [0.25, 0.3) is 0 Å². The summed E-state index contributed by atoms with van der Waals surface area (Å²) in [7, 11) is 3.22. The second-order valence-electron chi connectivity index (χ2n) is 4.16. The molecule has 0 bridgehead atoms. The smallest absolute Gasteiger partial charge is 0.161 e. The van der Waals surface area contributed by atoms with Gasteiger partial charge in [-0.05, 0) is 24.6 Å². The maximum Gasteiger partial charge on any atom is 0.161 e. The van der Waals surface area contributed by atoms with Crippen molar-refractivity contribution >= 4 is 17.4 Å². The van der Waals surface area contributed by atoms with E-state index in [-0.39, 0.29) is 0 Å². The molecule has 2 rings (SSSR count). The summed E-state index contributed by atoms with van der Waals surface area (Å²) in [5.74, 6) is 2.68. The van der Waals surface area contributed by atoms with Crippen molar-refractivity contribution in [3.8, 4) is 11.5 Å². The molecule has 0 aliphatic rings. The minimum atomic E-state index is 0.496. The Kier molecular flexibility index (Phi) is 4.63. The number of aryl methyl sites for hydroxylation is 1. The lowest BCUT2D eigenvalue weighted by Crippen LogP contribution is -2.04. The SMILES string of the molecule is COc1ccc(CNc2nc(C)ncc2Cl)cc1OC. The average Bonchev–Trinajstić information content (AvgIpc) is 2.47. The molecular weight excluding hydrogens is 278 g/mol. The number of ether oxygens (including phenoxy) is 2. The maximum atomic E-state index is 6.04. The van der Waals surface area contributed by atoms with E-state index in [1.54, 1.807) is 20.4 Å². The van der Waals surface area contributed by atoms with Crippen LogP contribution in [0.3, 0.4) is 0 Å². The van der Waals surface area contributed by atoms with Crippen LogP contribution in [0, 0.1) is 6.92 Å². The number of hydrogen-bond donors (Lipinski definition) is 1. The van der Waals surface area contributed by atoms with Crippen molar-refractivity contribution in [2.45, 2.75) is 13.5 Å². The molecular formula is C14H16ClN3O2. The Labute approximate surface area is 122 Å². The number of benzene rings is 1. The van der Waals surface area contributed by atoms with Crippen LogP contribution < -0.4 is 14.8 Å². The number of anilines is 1. The highest BCUT2D eigenvalue weighted by atomic mass is 35.5. The van der Waals surface area contributed by atoms with Crippen molar-refractivity contribution in [1.82, 2.24) is 9.97 Å². The summed E-state index contributed by atoms with van der Waals surface area (Å²) in [5.41, 5.74) is 1.04. The summed E-state index contributed by atoms with van der Waals surface area (Å²) < 4.78 is 10.5. The van der Waals surface area contributed by atoms with Crippen LogP contribution in [-0.4, -0.2) is 24.2 Å². The number of halogens is 1. The van der Waals surface area contributed by atoms with Gasteiger partial charge in [-0.15, -0.1) is 0 Å². The van der Waals surface area contributed by atoms with Gasteiger partial charge in [-0.1, -0.05) is 17.7 Å². The normalized spacial score (nSPS) is 10.2. The standard InChI is InChI=1S/C14H16ClN3O2/c1-9-16-8-11(15)14(18-9)17-7-10-4-5-12(19-2)13(6-10)20-3/h4-6,8H,7H2,1-3H3,(H,16,17,18). The Morgan fingerprint density at radius 1 is 1.20 bits per heavy atom. The molecule has 1 N–H and O–H groups in total. The summed E-state index contributed by atoms with van der Waals surface area (Å²) in [6.45, 7) is 2.40. The molecule has 0 atom stereocenters. The number of nitrogens with zero attached hydrogens (tertiary/aromatic N) is 2. The van der Waals surface area contributed by atoms with E-state index in [9.17, 15) is 0 Å². The molecule has 0 radical (unpaired) electrons. The van der Waals surface area contributed by atoms with Gasteiger partial charge < -0.3 is 14.8 Å². The summed E-state index contributed by atoms with van der Waals surface area (Å²) in [5, 5.41) is 3.68. The fraction of sp³-hybridized carbons (Fsp3) is 0.286. The van der Waals surface area contributed by atoms with Gasteiger partial charge in [0.1, 0.15) is 16.7 Å². The number of hydrogen-bond acceptors (Lipinski definition) is 5. The molecule has 2 aromatic rings. The predicted molar refractivity (Wildman–Crippen MR) is 78.7 cm³/mol. The molecule has 0 unspecified atom stereocenters. The highest BCUT2D eigenvalue weighted by molar-refractivity contribution is 6.32. The Morgan fingerprint density at radius 3 is 2.65 bits per heavy atom. The Morgan fingerprint density at radius 2 is 1.95 bits per heavy atom. The molecule has 0 spiro atoms. The Balaban J connectivity index is 2.12.